The molecule has 1 unspecified atom stereocenters. The summed E-state index contributed by atoms with van der Waals surface area (Å²) >= 11 is 0. The number of rotatable bonds is 4. The summed E-state index contributed by atoms with van der Waals surface area (Å²) < 4.78 is 5.20. The molecule has 0 spiro atoms. The molecule has 0 aliphatic carbocycles. The van der Waals surface area contributed by atoms with Gasteiger partial charge in [-0.15, -0.1) is 0 Å². The van der Waals surface area contributed by atoms with Crippen LogP contribution in [0.3, 0.4) is 0 Å². The second-order valence-corrected chi connectivity index (χ2v) is 4.08. The number of carbonyl (C=O) groups excluding carboxylic acids is 1. The van der Waals surface area contributed by atoms with E-state index in [0.29, 0.717) is 6.61 Å². The van der Waals surface area contributed by atoms with Gasteiger partial charge in [0.1, 0.15) is 0 Å². The van der Waals surface area contributed by atoms with Crippen molar-refractivity contribution in [2.45, 2.75) is 32.7 Å². The monoisotopic (exact) mass is 185 g/mol. The van der Waals surface area contributed by atoms with Gasteiger partial charge in [-0.1, -0.05) is 6.92 Å². The number of hydrogen-bond acceptors (Lipinski definition) is 3. The average Bonchev–Trinajstić information content (AvgIpc) is 2.54. The third-order valence-corrected chi connectivity index (χ3v) is 2.54. The Hall–Kier alpha value is -0.410. The predicted octanol–water partition coefficient (Wildman–Crippen LogP) is 0.980. The number of hydrogen-bond donors (Lipinski definition) is 1. The summed E-state index contributed by atoms with van der Waals surface area (Å²) in [5.41, 5.74) is -0.396. The quantitative estimate of drug-likeness (QED) is 0.709. The average molecular weight is 185 g/mol. The highest BCUT2D eigenvalue weighted by Crippen LogP contribution is 2.19. The van der Waals surface area contributed by atoms with Gasteiger partial charge in [-0.05, 0) is 26.8 Å². The molecule has 1 fully saturated rings. The van der Waals surface area contributed by atoms with Gasteiger partial charge in [0.05, 0.1) is 12.1 Å². The van der Waals surface area contributed by atoms with E-state index in [1.54, 1.807) is 0 Å². The largest absolute Gasteiger partial charge is 0.381 e. The maximum absolute atomic E-state index is 11.9. The zero-order valence-corrected chi connectivity index (χ0v) is 8.72. The lowest BCUT2D eigenvalue weighted by atomic mass is 9.88. The molecule has 0 aromatic heterocycles. The van der Waals surface area contributed by atoms with Crippen molar-refractivity contribution in [1.29, 1.82) is 0 Å². The van der Waals surface area contributed by atoms with Crippen molar-refractivity contribution in [3.8, 4) is 0 Å². The number of Topliss-reactive ketones (excluding diaryl/α,β-unsaturated/α-hetero) is 1. The minimum Gasteiger partial charge on any atom is -0.381 e. The van der Waals surface area contributed by atoms with Crippen molar-refractivity contribution >= 4 is 5.78 Å². The van der Waals surface area contributed by atoms with E-state index < -0.39 is 5.54 Å². The van der Waals surface area contributed by atoms with Crippen molar-refractivity contribution in [2.75, 3.05) is 19.8 Å². The molecule has 3 heteroatoms. The molecule has 3 nitrogen and oxygen atoms in total. The first-order chi connectivity index (χ1) is 6.08. The van der Waals surface area contributed by atoms with Crippen molar-refractivity contribution in [1.82, 2.24) is 5.32 Å². The second kappa shape index (κ2) is 4.20. The van der Waals surface area contributed by atoms with Crippen LogP contribution in [0, 0.1) is 5.92 Å². The van der Waals surface area contributed by atoms with E-state index in [0.717, 1.165) is 19.6 Å². The Morgan fingerprint density at radius 3 is 2.77 bits per heavy atom. The topological polar surface area (TPSA) is 38.3 Å². The molecule has 0 bridgehead atoms. The summed E-state index contributed by atoms with van der Waals surface area (Å²) in [7, 11) is 0. The summed E-state index contributed by atoms with van der Waals surface area (Å²) in [6, 6.07) is 0. The number of ether oxygens (including phenoxy) is 1. The van der Waals surface area contributed by atoms with Crippen LogP contribution < -0.4 is 5.32 Å². The molecule has 1 atom stereocenters. The van der Waals surface area contributed by atoms with Crippen molar-refractivity contribution in [2.24, 2.45) is 5.92 Å². The van der Waals surface area contributed by atoms with Gasteiger partial charge in [0.25, 0.3) is 0 Å². The Kier molecular flexibility index (Phi) is 3.45. The fraction of sp³-hybridized carbons (Fsp3) is 0.900. The van der Waals surface area contributed by atoms with Gasteiger partial charge in [0.15, 0.2) is 5.78 Å². The molecule has 1 aliphatic rings. The fourth-order valence-electron chi connectivity index (χ4n) is 1.78. The Morgan fingerprint density at radius 1 is 1.62 bits per heavy atom. The predicted molar refractivity (Wildman–Crippen MR) is 51.7 cm³/mol. The van der Waals surface area contributed by atoms with E-state index in [2.05, 4.69) is 5.32 Å². The van der Waals surface area contributed by atoms with E-state index in [1.807, 2.05) is 20.8 Å². The van der Waals surface area contributed by atoms with Crippen LogP contribution in [0.4, 0.5) is 0 Å². The summed E-state index contributed by atoms with van der Waals surface area (Å²) in [6.45, 7) is 8.06. The van der Waals surface area contributed by atoms with E-state index in [1.165, 1.54) is 0 Å². The minimum atomic E-state index is -0.396. The molecule has 1 N–H and O–H groups in total. The number of ketones is 1. The van der Waals surface area contributed by atoms with Gasteiger partial charge in [0, 0.05) is 12.5 Å². The SMILES string of the molecule is CCNC(C)(C)C(=O)C1CCOC1. The highest BCUT2D eigenvalue weighted by Gasteiger charge is 2.34. The summed E-state index contributed by atoms with van der Waals surface area (Å²) in [5.74, 6) is 0.390. The molecule has 76 valence electrons. The molecule has 1 saturated heterocycles. The van der Waals surface area contributed by atoms with Crippen molar-refractivity contribution in [3.05, 3.63) is 0 Å². The van der Waals surface area contributed by atoms with E-state index in [4.69, 9.17) is 4.74 Å². The third-order valence-electron chi connectivity index (χ3n) is 2.54. The molecular formula is C10H19NO2. The number of nitrogens with one attached hydrogen (secondary N) is 1. The normalized spacial score (nSPS) is 23.5. The first kappa shape index (κ1) is 10.7. The van der Waals surface area contributed by atoms with E-state index >= 15 is 0 Å². The summed E-state index contributed by atoms with van der Waals surface area (Å²) in [5, 5.41) is 3.19. The van der Waals surface area contributed by atoms with Gasteiger partial charge in [-0.3, -0.25) is 4.79 Å². The molecule has 0 aromatic rings. The lowest BCUT2D eigenvalue weighted by molar-refractivity contribution is -0.128. The van der Waals surface area contributed by atoms with Gasteiger partial charge in [0.2, 0.25) is 0 Å². The van der Waals surface area contributed by atoms with Gasteiger partial charge in [-0.25, -0.2) is 0 Å². The van der Waals surface area contributed by atoms with Crippen LogP contribution in [0.25, 0.3) is 0 Å². The van der Waals surface area contributed by atoms with Gasteiger partial charge < -0.3 is 10.1 Å². The molecule has 0 saturated carbocycles. The van der Waals surface area contributed by atoms with Gasteiger partial charge in [-0.2, -0.15) is 0 Å². The zero-order valence-electron chi connectivity index (χ0n) is 8.72. The Balaban J connectivity index is 2.53. The van der Waals surface area contributed by atoms with Crippen LogP contribution in [0.2, 0.25) is 0 Å². The zero-order chi connectivity index (χ0) is 9.90. The van der Waals surface area contributed by atoms with Crippen LogP contribution in [0.5, 0.6) is 0 Å². The Labute approximate surface area is 79.8 Å². The van der Waals surface area contributed by atoms with E-state index in [9.17, 15) is 4.79 Å². The molecule has 0 amide bonds. The maximum atomic E-state index is 11.9. The molecule has 1 aliphatic heterocycles. The number of likely N-dealkylation sites (N-methyl/N-ethyl adjacent to an activating group) is 1. The van der Waals surface area contributed by atoms with Crippen LogP contribution in [0.15, 0.2) is 0 Å². The Bertz CT molecular complexity index is 183. The highest BCUT2D eigenvalue weighted by molar-refractivity contribution is 5.89. The summed E-state index contributed by atoms with van der Waals surface area (Å²) in [4.78, 5) is 11.9. The van der Waals surface area contributed by atoms with E-state index in [-0.39, 0.29) is 11.7 Å². The molecule has 0 aromatic carbocycles. The van der Waals surface area contributed by atoms with Crippen LogP contribution in [-0.2, 0) is 9.53 Å². The van der Waals surface area contributed by atoms with Crippen molar-refractivity contribution in [3.63, 3.8) is 0 Å². The maximum Gasteiger partial charge on any atom is 0.157 e. The van der Waals surface area contributed by atoms with Crippen LogP contribution in [0.1, 0.15) is 27.2 Å². The minimum absolute atomic E-state index is 0.106. The molecule has 1 heterocycles. The molecule has 0 radical (unpaired) electrons. The smallest absolute Gasteiger partial charge is 0.157 e. The molecular weight excluding hydrogens is 166 g/mol. The standard InChI is InChI=1S/C10H19NO2/c1-4-11-10(2,3)9(12)8-5-6-13-7-8/h8,11H,4-7H2,1-3H3. The lowest BCUT2D eigenvalue weighted by Gasteiger charge is -2.26. The fourth-order valence-corrected chi connectivity index (χ4v) is 1.78. The van der Waals surface area contributed by atoms with Crippen LogP contribution in [-0.4, -0.2) is 31.1 Å². The molecule has 1 rings (SSSR count). The Morgan fingerprint density at radius 2 is 2.31 bits per heavy atom. The van der Waals surface area contributed by atoms with Gasteiger partial charge >= 0.3 is 0 Å². The summed E-state index contributed by atoms with van der Waals surface area (Å²) in [6.07, 6.45) is 0.883. The third kappa shape index (κ3) is 2.51. The van der Waals surface area contributed by atoms with Crippen LogP contribution >= 0.6 is 0 Å². The lowest BCUT2D eigenvalue weighted by Crippen LogP contribution is -2.49. The first-order valence-corrected chi connectivity index (χ1v) is 4.95. The molecule has 13 heavy (non-hydrogen) atoms. The first-order valence-electron chi connectivity index (χ1n) is 4.95. The van der Waals surface area contributed by atoms with Crippen molar-refractivity contribution < 1.29 is 9.53 Å². The highest BCUT2D eigenvalue weighted by atomic mass is 16.5. The number of carbonyl (C=O) groups is 1. The second-order valence-electron chi connectivity index (χ2n) is 4.08.